The summed E-state index contributed by atoms with van der Waals surface area (Å²) in [5.41, 5.74) is -0.217. The Morgan fingerprint density at radius 2 is 2.27 bits per heavy atom. The second-order valence-corrected chi connectivity index (χ2v) is 2.74. The van der Waals surface area contributed by atoms with Gasteiger partial charge in [-0.05, 0) is 13.5 Å². The van der Waals surface area contributed by atoms with Crippen molar-refractivity contribution in [1.29, 1.82) is 0 Å². The minimum atomic E-state index is -0.833. The number of hydrogen-bond acceptors (Lipinski definition) is 4. The lowest BCUT2D eigenvalue weighted by Gasteiger charge is -2.02. The molecule has 0 amide bonds. The second-order valence-electron chi connectivity index (χ2n) is 2.74. The molecule has 0 bridgehead atoms. The number of rotatable bonds is 5. The highest BCUT2D eigenvalue weighted by molar-refractivity contribution is 5.68. The maximum absolute atomic E-state index is 10.0. The first kappa shape index (κ1) is 8.13. The molecule has 1 aliphatic heterocycles. The summed E-state index contributed by atoms with van der Waals surface area (Å²) in [6.45, 7) is 2.57. The Morgan fingerprint density at radius 3 is 2.73 bits per heavy atom. The molecule has 11 heavy (non-hydrogen) atoms. The van der Waals surface area contributed by atoms with Gasteiger partial charge in [-0.15, -0.1) is 0 Å². The van der Waals surface area contributed by atoms with Crippen molar-refractivity contribution in [3.8, 4) is 0 Å². The molecule has 0 atom stereocenters. The molecule has 0 radical (unpaired) electrons. The maximum Gasteiger partial charge on any atom is 0.317 e. The Bertz CT molecular complexity index is 184. The van der Waals surface area contributed by atoms with Gasteiger partial charge in [0.25, 0.3) is 0 Å². The van der Waals surface area contributed by atoms with Gasteiger partial charge >= 0.3 is 5.97 Å². The first-order chi connectivity index (χ1) is 5.12. The summed E-state index contributed by atoms with van der Waals surface area (Å²) in [6, 6.07) is 0. The van der Waals surface area contributed by atoms with E-state index in [2.05, 4.69) is 15.5 Å². The van der Waals surface area contributed by atoms with E-state index >= 15 is 0 Å². The number of hydrogen-bond donors (Lipinski definition) is 2. The molecule has 62 valence electrons. The number of carboxylic acids is 1. The van der Waals surface area contributed by atoms with Gasteiger partial charge in [-0.25, -0.2) is 0 Å². The van der Waals surface area contributed by atoms with Crippen molar-refractivity contribution in [2.24, 2.45) is 10.2 Å². The van der Waals surface area contributed by atoms with Gasteiger partial charge in [0.15, 0.2) is 5.66 Å². The van der Waals surface area contributed by atoms with E-state index in [0.717, 1.165) is 6.42 Å². The van der Waals surface area contributed by atoms with Gasteiger partial charge in [-0.2, -0.15) is 10.2 Å². The summed E-state index contributed by atoms with van der Waals surface area (Å²) in [5.74, 6) is -0.833. The summed E-state index contributed by atoms with van der Waals surface area (Å²) in [7, 11) is 0. The average Bonchev–Trinajstić information content (AvgIpc) is 2.62. The molecular weight excluding hydrogens is 146 g/mol. The van der Waals surface area contributed by atoms with Crippen LogP contribution in [0, 0.1) is 0 Å². The van der Waals surface area contributed by atoms with Crippen molar-refractivity contribution in [2.45, 2.75) is 19.0 Å². The second kappa shape index (κ2) is 2.96. The van der Waals surface area contributed by atoms with E-state index in [1.807, 2.05) is 6.92 Å². The van der Waals surface area contributed by atoms with Crippen LogP contribution in [0.15, 0.2) is 10.2 Å². The fraction of sp³-hybridized carbons (Fsp3) is 0.833. The molecule has 1 heterocycles. The minimum absolute atomic E-state index is 0.01000. The Balaban J connectivity index is 1.93. The largest absolute Gasteiger partial charge is 0.480 e. The van der Waals surface area contributed by atoms with E-state index in [-0.39, 0.29) is 12.2 Å². The maximum atomic E-state index is 10.0. The molecule has 0 saturated heterocycles. The molecule has 0 aromatic rings. The van der Waals surface area contributed by atoms with Crippen LogP contribution >= 0.6 is 0 Å². The molecule has 0 fully saturated rings. The van der Waals surface area contributed by atoms with Crippen molar-refractivity contribution in [1.82, 2.24) is 5.32 Å². The van der Waals surface area contributed by atoms with Gasteiger partial charge in [-0.3, -0.25) is 4.79 Å². The summed E-state index contributed by atoms with van der Waals surface area (Å²) in [6.07, 6.45) is 0.778. The fourth-order valence-corrected chi connectivity index (χ4v) is 0.706. The van der Waals surface area contributed by atoms with Crippen LogP contribution in [0.4, 0.5) is 0 Å². The van der Waals surface area contributed by atoms with Crippen LogP contribution in [0.1, 0.15) is 13.3 Å². The Labute approximate surface area is 64.5 Å². The third-order valence-corrected chi connectivity index (χ3v) is 1.49. The highest BCUT2D eigenvalue weighted by atomic mass is 16.4. The molecule has 5 nitrogen and oxygen atoms in total. The number of aliphatic carboxylic acids is 1. The van der Waals surface area contributed by atoms with Crippen LogP contribution < -0.4 is 5.32 Å². The third-order valence-electron chi connectivity index (χ3n) is 1.49. The zero-order valence-corrected chi connectivity index (χ0v) is 6.37. The molecule has 1 rings (SSSR count). The molecule has 0 aromatic heterocycles. The fourth-order valence-electron chi connectivity index (χ4n) is 0.706. The van der Waals surface area contributed by atoms with Crippen LogP contribution in [0.25, 0.3) is 0 Å². The smallest absolute Gasteiger partial charge is 0.317 e. The molecule has 1 aliphatic rings. The topological polar surface area (TPSA) is 74.0 Å². The minimum Gasteiger partial charge on any atom is -0.480 e. The van der Waals surface area contributed by atoms with Gasteiger partial charge in [-0.1, -0.05) is 0 Å². The normalized spacial score (nSPS) is 18.3. The number of nitrogens with zero attached hydrogens (tertiary/aromatic N) is 2. The summed E-state index contributed by atoms with van der Waals surface area (Å²) in [4.78, 5) is 10.0. The molecule has 0 spiro atoms. The van der Waals surface area contributed by atoms with Crippen LogP contribution in [0.5, 0.6) is 0 Å². The van der Waals surface area contributed by atoms with Crippen molar-refractivity contribution >= 4 is 5.97 Å². The highest BCUT2D eigenvalue weighted by Crippen LogP contribution is 2.29. The van der Waals surface area contributed by atoms with Gasteiger partial charge in [0.1, 0.15) is 0 Å². The monoisotopic (exact) mass is 157 g/mol. The Hall–Kier alpha value is -0.970. The van der Waals surface area contributed by atoms with E-state index in [9.17, 15) is 4.79 Å². The zero-order chi connectivity index (χ0) is 8.32. The van der Waals surface area contributed by atoms with E-state index in [0.29, 0.717) is 6.54 Å². The molecule has 0 aliphatic carbocycles. The van der Waals surface area contributed by atoms with Gasteiger partial charge in [0, 0.05) is 6.42 Å². The first-order valence-corrected chi connectivity index (χ1v) is 3.49. The van der Waals surface area contributed by atoms with E-state index in [4.69, 9.17) is 5.11 Å². The van der Waals surface area contributed by atoms with Crippen molar-refractivity contribution in [3.05, 3.63) is 0 Å². The summed E-state index contributed by atoms with van der Waals surface area (Å²) >= 11 is 0. The third kappa shape index (κ3) is 3.08. The number of nitrogens with one attached hydrogen (secondary N) is 1. The van der Waals surface area contributed by atoms with E-state index in [1.54, 1.807) is 0 Å². The standard InChI is InChI=1S/C6H11N3O2/c1-6(8-9-6)2-3-7-4-5(10)11/h7H,2-4H2,1H3,(H,10,11). The van der Waals surface area contributed by atoms with Crippen LogP contribution in [0.3, 0.4) is 0 Å². The first-order valence-electron chi connectivity index (χ1n) is 3.49. The molecule has 2 N–H and O–H groups in total. The van der Waals surface area contributed by atoms with Crippen LogP contribution in [-0.4, -0.2) is 29.8 Å². The average molecular weight is 157 g/mol. The lowest BCUT2D eigenvalue weighted by Crippen LogP contribution is -2.26. The summed E-state index contributed by atoms with van der Waals surface area (Å²) in [5, 5.41) is 18.6. The Morgan fingerprint density at radius 1 is 1.64 bits per heavy atom. The predicted molar refractivity (Wildman–Crippen MR) is 38.4 cm³/mol. The van der Waals surface area contributed by atoms with Gasteiger partial charge in [0.2, 0.25) is 0 Å². The molecular formula is C6H11N3O2. The zero-order valence-electron chi connectivity index (χ0n) is 6.37. The molecule has 0 unspecified atom stereocenters. The molecule has 0 aromatic carbocycles. The van der Waals surface area contributed by atoms with Crippen molar-refractivity contribution in [2.75, 3.05) is 13.1 Å². The highest BCUT2D eigenvalue weighted by Gasteiger charge is 2.32. The lowest BCUT2D eigenvalue weighted by molar-refractivity contribution is -0.135. The molecule has 5 heteroatoms. The van der Waals surface area contributed by atoms with E-state index < -0.39 is 5.97 Å². The van der Waals surface area contributed by atoms with Crippen LogP contribution in [0.2, 0.25) is 0 Å². The summed E-state index contributed by atoms with van der Waals surface area (Å²) < 4.78 is 0. The lowest BCUT2D eigenvalue weighted by atomic mass is 10.2. The quantitative estimate of drug-likeness (QED) is 0.561. The van der Waals surface area contributed by atoms with Crippen molar-refractivity contribution in [3.63, 3.8) is 0 Å². The van der Waals surface area contributed by atoms with Crippen molar-refractivity contribution < 1.29 is 9.90 Å². The van der Waals surface area contributed by atoms with Gasteiger partial charge in [0.05, 0.1) is 6.54 Å². The van der Waals surface area contributed by atoms with E-state index in [1.165, 1.54) is 0 Å². The SMILES string of the molecule is CC1(CCNCC(=O)O)N=N1. The number of carbonyl (C=O) groups is 1. The molecule has 0 saturated carbocycles. The predicted octanol–water partition coefficient (Wildman–Crippen LogP) is 0.233. The van der Waals surface area contributed by atoms with Gasteiger partial charge < -0.3 is 10.4 Å². The van der Waals surface area contributed by atoms with Crippen LogP contribution in [-0.2, 0) is 4.79 Å². The Kier molecular flexibility index (Phi) is 2.19. The number of carboxylic acid groups (broad SMARTS) is 1.